The molecule has 0 bridgehead atoms. The van der Waals surface area contributed by atoms with E-state index in [4.69, 9.17) is 13.5 Å². The van der Waals surface area contributed by atoms with Crippen molar-refractivity contribution in [3.63, 3.8) is 0 Å². The van der Waals surface area contributed by atoms with E-state index in [1.165, 1.54) is 0 Å². The summed E-state index contributed by atoms with van der Waals surface area (Å²) < 4.78 is 39.4. The average molecular weight is 278 g/mol. The molecule has 11 heteroatoms. The Morgan fingerprint density at radius 3 is 1.45 bits per heavy atom. The monoisotopic (exact) mass is 280 g/mol. The first-order valence-corrected chi connectivity index (χ1v) is 6.33. The molecule has 0 aliphatic rings. The third kappa shape index (κ3) is 17.9. The van der Waals surface area contributed by atoms with Crippen molar-refractivity contribution in [3.05, 3.63) is 0 Å². The van der Waals surface area contributed by atoms with Crippen molar-refractivity contribution < 1.29 is 55.8 Å². The van der Waals surface area contributed by atoms with Crippen molar-refractivity contribution in [1.29, 1.82) is 0 Å². The second-order valence-corrected chi connectivity index (χ2v) is 5.33. The first-order valence-electron chi connectivity index (χ1n) is 1.45. The molecule has 0 amide bonds. The number of phosphoric acid groups is 1. The molecule has 0 fully saturated rings. The summed E-state index contributed by atoms with van der Waals surface area (Å²) in [5.74, 6) is 0. The van der Waals surface area contributed by atoms with Crippen LogP contribution in [0.2, 0.25) is 0 Å². The van der Waals surface area contributed by atoms with Gasteiger partial charge in [-0.2, -0.15) is 0 Å². The Kier molecular flexibility index (Phi) is 7.93. The van der Waals surface area contributed by atoms with Gasteiger partial charge in [0.05, 0.1) is 0 Å². The van der Waals surface area contributed by atoms with Crippen LogP contribution in [0.4, 0.5) is 0 Å². The minimum absolute atomic E-state index is 0. The van der Waals surface area contributed by atoms with Crippen LogP contribution < -0.4 is 0 Å². The molecule has 0 rings (SSSR count). The van der Waals surface area contributed by atoms with Crippen LogP contribution in [0.25, 0.3) is 0 Å². The van der Waals surface area contributed by atoms with E-state index in [9.17, 15) is 11.4 Å². The van der Waals surface area contributed by atoms with Crippen LogP contribution in [0, 0.1) is 0 Å². The standard InChI is InChI=1S/Mo.H3O4P.3H2O.2O/c;1-5(2,3)4;;;;;/h;(H3,1,2,3,4);3*1H2;;/q+2;;;;;;/p-2. The van der Waals surface area contributed by atoms with Gasteiger partial charge in [-0.05, 0) is 0 Å². The molecule has 0 saturated carbocycles. The van der Waals surface area contributed by atoms with Gasteiger partial charge in [0.1, 0.15) is 0 Å². The van der Waals surface area contributed by atoms with Gasteiger partial charge in [-0.25, -0.2) is 0 Å². The van der Waals surface area contributed by atoms with E-state index in [2.05, 4.69) is 3.18 Å². The van der Waals surface area contributed by atoms with Gasteiger partial charge in [0.2, 0.25) is 0 Å². The second kappa shape index (κ2) is 5.02. The molecule has 9 nitrogen and oxygen atoms in total. The molecule has 0 saturated heterocycles. The molecule has 0 radical (unpaired) electrons. The fraction of sp³-hybridized carbons (Fsp3) is 0. The first kappa shape index (κ1) is 17.4. The Bertz CT molecular complexity index is 216. The Morgan fingerprint density at radius 1 is 1.18 bits per heavy atom. The molecule has 0 aromatic heterocycles. The van der Waals surface area contributed by atoms with Crippen LogP contribution in [0.15, 0.2) is 0 Å². The van der Waals surface area contributed by atoms with Crippen molar-refractivity contribution in [3.8, 4) is 0 Å². The van der Waals surface area contributed by atoms with E-state index in [1.807, 2.05) is 0 Å². The molecule has 0 unspecified atom stereocenters. The van der Waals surface area contributed by atoms with Gasteiger partial charge in [0, 0.05) is 0 Å². The molecule has 11 heavy (non-hydrogen) atoms. The molecule has 0 heterocycles. The maximum absolute atomic E-state index is 9.61. The van der Waals surface area contributed by atoms with E-state index in [1.54, 1.807) is 0 Å². The number of rotatable bonds is 2. The third-order valence-electron chi connectivity index (χ3n) is 0.191. The summed E-state index contributed by atoms with van der Waals surface area (Å²) in [5, 5.41) is 0. The molecular weight excluding hydrogens is 271 g/mol. The molecule has 0 aliphatic carbocycles. The molecule has 0 aromatic rings. The summed E-state index contributed by atoms with van der Waals surface area (Å²) in [7, 11) is -5.08. The number of hydrogen-bond donors (Lipinski definition) is 3. The van der Waals surface area contributed by atoms with Gasteiger partial charge in [-0.1, -0.05) is 0 Å². The topological polar surface area (TPSA) is 184 Å². The normalized spacial score (nSPS) is 11.2. The summed E-state index contributed by atoms with van der Waals surface area (Å²) in [6.45, 7) is 0. The van der Waals surface area contributed by atoms with Crippen LogP contribution >= 0.6 is 7.82 Å². The summed E-state index contributed by atoms with van der Waals surface area (Å²) in [4.78, 5) is 15.5. The quantitative estimate of drug-likeness (QED) is 0.357. The Morgan fingerprint density at radius 2 is 1.45 bits per heavy atom. The zero-order chi connectivity index (χ0) is 7.71. The predicted octanol–water partition coefficient (Wildman–Crippen LogP) is -2.89. The van der Waals surface area contributed by atoms with Crippen molar-refractivity contribution in [2.24, 2.45) is 0 Å². The van der Waals surface area contributed by atoms with Crippen LogP contribution in [-0.4, -0.2) is 24.5 Å². The van der Waals surface area contributed by atoms with Crippen molar-refractivity contribution in [2.45, 2.75) is 0 Å². The first-order chi connectivity index (χ1) is 3.71. The van der Waals surface area contributed by atoms with Crippen LogP contribution in [0.1, 0.15) is 0 Å². The maximum atomic E-state index is 9.61. The molecule has 72 valence electrons. The Labute approximate surface area is 64.2 Å². The summed E-state index contributed by atoms with van der Waals surface area (Å²) >= 11 is -6.03. The zero-order valence-electron chi connectivity index (χ0n) is 4.83. The summed E-state index contributed by atoms with van der Waals surface area (Å²) in [5.41, 5.74) is 0. The SMILES string of the molecule is O.O.O=P(O)(O)[O][Mo](=[O])(=[O])[OH]. The molecule has 0 spiro atoms. The minimum atomic E-state index is -6.03. The van der Waals surface area contributed by atoms with Gasteiger partial charge in [0.25, 0.3) is 0 Å². The predicted molar refractivity (Wildman–Crippen MR) is 23.9 cm³/mol. The summed E-state index contributed by atoms with van der Waals surface area (Å²) in [6.07, 6.45) is 0. The van der Waals surface area contributed by atoms with Crippen molar-refractivity contribution >= 4 is 7.82 Å². The van der Waals surface area contributed by atoms with Crippen LogP contribution in [0.5, 0.6) is 0 Å². The fourth-order valence-electron chi connectivity index (χ4n) is 0.123. The Balaban J connectivity index is -0.000000320. The van der Waals surface area contributed by atoms with Gasteiger partial charge in [-0.15, -0.1) is 0 Å². The third-order valence-corrected chi connectivity index (χ3v) is 3.40. The van der Waals surface area contributed by atoms with E-state index < -0.39 is 24.6 Å². The molecule has 0 aromatic carbocycles. The molecule has 7 N–H and O–H groups in total. The van der Waals surface area contributed by atoms with Crippen molar-refractivity contribution in [1.82, 2.24) is 0 Å². The van der Waals surface area contributed by atoms with E-state index in [0.29, 0.717) is 0 Å². The van der Waals surface area contributed by atoms with Gasteiger partial charge < -0.3 is 11.0 Å². The van der Waals surface area contributed by atoms with Gasteiger partial charge >= 0.3 is 52.7 Å². The average Bonchev–Trinajstić information content (AvgIpc) is 1.14. The molecular formula is H7MoO9P. The molecule has 0 atom stereocenters. The van der Waals surface area contributed by atoms with E-state index >= 15 is 0 Å². The summed E-state index contributed by atoms with van der Waals surface area (Å²) in [6, 6.07) is 0. The van der Waals surface area contributed by atoms with E-state index in [-0.39, 0.29) is 11.0 Å². The number of hydrogen-bond acceptors (Lipinski definition) is 4. The van der Waals surface area contributed by atoms with E-state index in [0.717, 1.165) is 0 Å². The zero-order valence-corrected chi connectivity index (χ0v) is 7.73. The van der Waals surface area contributed by atoms with Crippen LogP contribution in [0.3, 0.4) is 0 Å². The van der Waals surface area contributed by atoms with Gasteiger partial charge in [0.15, 0.2) is 0 Å². The van der Waals surface area contributed by atoms with Crippen LogP contribution in [-0.2, 0) is 31.3 Å². The molecule has 0 aliphatic heterocycles. The Hall–Kier alpha value is 0.278. The fourth-order valence-corrected chi connectivity index (χ4v) is 2.18. The second-order valence-electron chi connectivity index (χ2n) is 0.993. The van der Waals surface area contributed by atoms with Gasteiger partial charge in [-0.3, -0.25) is 0 Å². The van der Waals surface area contributed by atoms with Crippen molar-refractivity contribution in [2.75, 3.05) is 0 Å².